The van der Waals surface area contributed by atoms with Crippen molar-refractivity contribution in [1.82, 2.24) is 0 Å². The van der Waals surface area contributed by atoms with Crippen molar-refractivity contribution in [1.29, 1.82) is 0 Å². The number of fused-ring (bicyclic) bond motifs is 1. The van der Waals surface area contributed by atoms with Crippen molar-refractivity contribution in [3.63, 3.8) is 0 Å². The van der Waals surface area contributed by atoms with Gasteiger partial charge in [0, 0.05) is 16.6 Å². The first-order chi connectivity index (χ1) is 12.4. The summed E-state index contributed by atoms with van der Waals surface area (Å²) in [7, 11) is -3.92. The van der Waals surface area contributed by atoms with Gasteiger partial charge in [-0.1, -0.05) is 42.5 Å². The molecule has 0 fully saturated rings. The number of hydrogen-bond acceptors (Lipinski definition) is 3. The van der Waals surface area contributed by atoms with E-state index in [-0.39, 0.29) is 17.8 Å². The van der Waals surface area contributed by atoms with Crippen molar-refractivity contribution in [2.45, 2.75) is 13.8 Å². The van der Waals surface area contributed by atoms with Gasteiger partial charge in [0.05, 0.1) is 11.9 Å². The van der Waals surface area contributed by atoms with Crippen LogP contribution in [0.4, 0.5) is 5.69 Å². The van der Waals surface area contributed by atoms with Crippen LogP contribution in [0.25, 0.3) is 10.8 Å². The molecule has 2 N–H and O–H groups in total. The summed E-state index contributed by atoms with van der Waals surface area (Å²) >= 11 is 0. The summed E-state index contributed by atoms with van der Waals surface area (Å²) in [5.74, 6) is -0.224. The molecule has 0 saturated carbocycles. The number of hydrogen-bond donors (Lipinski definition) is 2. The largest absolute Gasteiger partial charge is 0.359 e. The summed E-state index contributed by atoms with van der Waals surface area (Å²) < 4.78 is 17.5. The summed E-state index contributed by atoms with van der Waals surface area (Å²) in [6.45, 7) is 3.68. The van der Waals surface area contributed by atoms with Crippen LogP contribution in [-0.2, 0) is 9.09 Å². The molecule has 0 bridgehead atoms. The first-order valence-electron chi connectivity index (χ1n) is 8.30. The molecule has 26 heavy (non-hydrogen) atoms. The van der Waals surface area contributed by atoms with E-state index in [1.165, 1.54) is 6.07 Å². The van der Waals surface area contributed by atoms with E-state index in [1.54, 1.807) is 37.3 Å². The Labute approximate surface area is 152 Å². The molecule has 3 rings (SSSR count). The number of carbonyl (C=O) groups excluding carboxylic acids is 1. The molecule has 1 amide bonds. The van der Waals surface area contributed by atoms with Crippen LogP contribution in [0.15, 0.2) is 60.7 Å². The molecule has 0 aliphatic carbocycles. The average Bonchev–Trinajstić information content (AvgIpc) is 2.62. The van der Waals surface area contributed by atoms with Crippen molar-refractivity contribution >= 4 is 35.3 Å². The quantitative estimate of drug-likeness (QED) is 0.660. The van der Waals surface area contributed by atoms with E-state index in [2.05, 4.69) is 5.32 Å². The van der Waals surface area contributed by atoms with Crippen molar-refractivity contribution in [2.24, 2.45) is 0 Å². The van der Waals surface area contributed by atoms with Crippen molar-refractivity contribution in [3.8, 4) is 0 Å². The van der Waals surface area contributed by atoms with Gasteiger partial charge in [0.1, 0.15) is 0 Å². The standard InChI is InChI=1S/C20H20NO4P/c1-3-25-26(23,24)19-13-12-18(16-10-6-7-11-17(16)19)21-20(22)15-9-5-4-8-14(15)2/h4-13H,3H2,1-2H3,(H,21,22)(H,23,24). The highest BCUT2D eigenvalue weighted by Gasteiger charge is 2.25. The number of rotatable bonds is 5. The lowest BCUT2D eigenvalue weighted by molar-refractivity contribution is 0.102. The second-order valence-corrected chi connectivity index (χ2v) is 7.67. The monoisotopic (exact) mass is 369 g/mol. The van der Waals surface area contributed by atoms with Gasteiger partial charge >= 0.3 is 7.60 Å². The van der Waals surface area contributed by atoms with Crippen LogP contribution < -0.4 is 10.6 Å². The van der Waals surface area contributed by atoms with Crippen LogP contribution in [0.5, 0.6) is 0 Å². The third kappa shape index (κ3) is 3.56. The molecular weight excluding hydrogens is 349 g/mol. The highest BCUT2D eigenvalue weighted by atomic mass is 31.2. The zero-order valence-corrected chi connectivity index (χ0v) is 15.5. The van der Waals surface area contributed by atoms with E-state index in [9.17, 15) is 14.3 Å². The SMILES string of the molecule is CCOP(=O)(O)c1ccc(NC(=O)c2ccccc2C)c2ccccc12. The summed E-state index contributed by atoms with van der Waals surface area (Å²) in [5.41, 5.74) is 2.04. The summed E-state index contributed by atoms with van der Waals surface area (Å²) in [6.07, 6.45) is 0. The van der Waals surface area contributed by atoms with Gasteiger partial charge in [-0.05, 0) is 43.0 Å². The second kappa shape index (κ2) is 7.42. The van der Waals surface area contributed by atoms with Gasteiger partial charge in [-0.15, -0.1) is 0 Å². The smallest absolute Gasteiger partial charge is 0.321 e. The summed E-state index contributed by atoms with van der Waals surface area (Å²) in [6, 6.07) is 17.6. The predicted octanol–water partition coefficient (Wildman–Crippen LogP) is 4.25. The maximum Gasteiger partial charge on any atom is 0.359 e. The molecule has 3 aromatic rings. The number of aryl methyl sites for hydroxylation is 1. The highest BCUT2D eigenvalue weighted by molar-refractivity contribution is 7.61. The van der Waals surface area contributed by atoms with Crippen LogP contribution in [-0.4, -0.2) is 17.4 Å². The van der Waals surface area contributed by atoms with Crippen molar-refractivity contribution in [2.75, 3.05) is 11.9 Å². The molecule has 6 heteroatoms. The molecule has 0 aliphatic rings. The fourth-order valence-electron chi connectivity index (χ4n) is 2.90. The number of benzene rings is 3. The molecule has 134 valence electrons. The lowest BCUT2D eigenvalue weighted by Gasteiger charge is -2.16. The van der Waals surface area contributed by atoms with Gasteiger partial charge in [-0.3, -0.25) is 9.36 Å². The maximum absolute atomic E-state index is 12.6. The Morgan fingerprint density at radius 3 is 2.38 bits per heavy atom. The second-order valence-electron chi connectivity index (χ2n) is 5.89. The number of carbonyl (C=O) groups is 1. The fourth-order valence-corrected chi connectivity index (χ4v) is 4.15. The topological polar surface area (TPSA) is 75.6 Å². The highest BCUT2D eigenvalue weighted by Crippen LogP contribution is 2.43. The Kier molecular flexibility index (Phi) is 5.23. The predicted molar refractivity (Wildman–Crippen MR) is 104 cm³/mol. The van der Waals surface area contributed by atoms with E-state index < -0.39 is 7.60 Å². The fraction of sp³-hybridized carbons (Fsp3) is 0.150. The Bertz CT molecular complexity index is 1020. The minimum Gasteiger partial charge on any atom is -0.321 e. The molecule has 0 spiro atoms. The molecule has 1 unspecified atom stereocenters. The third-order valence-corrected chi connectivity index (χ3v) is 5.75. The van der Waals surface area contributed by atoms with E-state index in [0.717, 1.165) is 5.56 Å². The lowest BCUT2D eigenvalue weighted by Crippen LogP contribution is -2.15. The van der Waals surface area contributed by atoms with Crippen LogP contribution in [0.3, 0.4) is 0 Å². The van der Waals surface area contributed by atoms with Gasteiger partial charge in [0.25, 0.3) is 5.91 Å². The first kappa shape index (κ1) is 18.3. The van der Waals surface area contributed by atoms with Crippen LogP contribution in [0.1, 0.15) is 22.8 Å². The van der Waals surface area contributed by atoms with Crippen molar-refractivity contribution < 1.29 is 18.8 Å². The van der Waals surface area contributed by atoms with Crippen molar-refractivity contribution in [3.05, 3.63) is 71.8 Å². The zero-order valence-electron chi connectivity index (χ0n) is 14.6. The molecule has 3 aromatic carbocycles. The average molecular weight is 369 g/mol. The van der Waals surface area contributed by atoms with Crippen LogP contribution in [0.2, 0.25) is 0 Å². The van der Waals surface area contributed by atoms with Gasteiger partial charge in [-0.2, -0.15) is 0 Å². The number of nitrogens with one attached hydrogen (secondary N) is 1. The van der Waals surface area contributed by atoms with Gasteiger partial charge in [-0.25, -0.2) is 0 Å². The molecule has 1 atom stereocenters. The first-order valence-corrected chi connectivity index (χ1v) is 9.88. The molecule has 0 saturated heterocycles. The van der Waals surface area contributed by atoms with Crippen LogP contribution in [0, 0.1) is 6.92 Å². The van der Waals surface area contributed by atoms with E-state index in [4.69, 9.17) is 4.52 Å². The Hall–Kier alpha value is -2.46. The summed E-state index contributed by atoms with van der Waals surface area (Å²) in [4.78, 5) is 22.8. The minimum atomic E-state index is -3.92. The molecule has 0 aromatic heterocycles. The number of amides is 1. The lowest BCUT2D eigenvalue weighted by atomic mass is 10.1. The zero-order chi connectivity index (χ0) is 18.7. The van der Waals surface area contributed by atoms with Gasteiger partial charge < -0.3 is 14.7 Å². The molecular formula is C20H20NO4P. The molecule has 5 nitrogen and oxygen atoms in total. The Morgan fingerprint density at radius 2 is 1.69 bits per heavy atom. The normalized spacial score (nSPS) is 13.3. The number of anilines is 1. The maximum atomic E-state index is 12.6. The van der Waals surface area contributed by atoms with E-state index in [0.29, 0.717) is 22.0 Å². The third-order valence-electron chi connectivity index (χ3n) is 4.15. The summed E-state index contributed by atoms with van der Waals surface area (Å²) in [5, 5.41) is 4.39. The van der Waals surface area contributed by atoms with Gasteiger partial charge in [0.15, 0.2) is 0 Å². The molecule has 0 radical (unpaired) electrons. The van der Waals surface area contributed by atoms with Gasteiger partial charge in [0.2, 0.25) is 0 Å². The van der Waals surface area contributed by atoms with E-state index >= 15 is 0 Å². The Morgan fingerprint density at radius 1 is 1.04 bits per heavy atom. The van der Waals surface area contributed by atoms with E-state index in [1.807, 2.05) is 31.2 Å². The minimum absolute atomic E-state index is 0.133. The molecule has 0 aliphatic heterocycles. The van der Waals surface area contributed by atoms with Crippen LogP contribution >= 0.6 is 7.60 Å². The Balaban J connectivity index is 2.05. The molecule has 0 heterocycles.